The predicted octanol–water partition coefficient (Wildman–Crippen LogP) is 5.55. The molecule has 63 heavy (non-hydrogen) atoms. The summed E-state index contributed by atoms with van der Waals surface area (Å²) in [7, 11) is 1.05. The van der Waals surface area contributed by atoms with E-state index in [0.717, 1.165) is 44.7 Å². The second-order valence-corrected chi connectivity index (χ2v) is 20.9. The smallest absolute Gasteiger partial charge is 0.255 e. The molecule has 1 saturated carbocycles. The van der Waals surface area contributed by atoms with E-state index in [1.165, 1.54) is 41.0 Å². The Labute approximate surface area is 368 Å². The summed E-state index contributed by atoms with van der Waals surface area (Å²) in [5.74, 6) is -10.1. The number of rotatable bonds is 16. The van der Waals surface area contributed by atoms with Gasteiger partial charge in [-0.05, 0) is 87.3 Å². The van der Waals surface area contributed by atoms with Gasteiger partial charge in [-0.25, -0.2) is 0 Å². The number of primary amides is 1. The highest BCUT2D eigenvalue weighted by atomic mass is 31.2. The van der Waals surface area contributed by atoms with Crippen LogP contribution in [-0.2, 0) is 19.2 Å². The Morgan fingerprint density at radius 1 is 0.762 bits per heavy atom. The van der Waals surface area contributed by atoms with E-state index in [9.17, 15) is 44.7 Å². The van der Waals surface area contributed by atoms with Crippen molar-refractivity contribution in [2.75, 3.05) is 25.6 Å². The molecule has 4 aromatic carbocycles. The van der Waals surface area contributed by atoms with Crippen molar-refractivity contribution >= 4 is 58.0 Å². The second-order valence-electron chi connectivity index (χ2n) is 17.3. The molecular weight excluding hydrogens is 818 g/mol. The molecule has 0 saturated heterocycles. The maximum Gasteiger partial charge on any atom is 0.255 e. The number of carbonyl (C=O) groups is 4. The number of amides is 2. The number of Topliss-reactive ketones (excluding diaryl/α,β-unsaturated/α-hetero) is 2. The van der Waals surface area contributed by atoms with Crippen molar-refractivity contribution in [1.82, 2.24) is 4.90 Å². The fourth-order valence-corrected chi connectivity index (χ4v) is 14.7. The lowest BCUT2D eigenvalue weighted by Crippen LogP contribution is -2.70. The average Bonchev–Trinajstić information content (AvgIpc) is 3.27. The van der Waals surface area contributed by atoms with Crippen LogP contribution in [0.3, 0.4) is 0 Å². The van der Waals surface area contributed by atoms with Crippen LogP contribution in [0.5, 0.6) is 5.75 Å². The first kappa shape index (κ1) is 45.4. The van der Waals surface area contributed by atoms with Crippen molar-refractivity contribution in [2.24, 2.45) is 17.6 Å². The van der Waals surface area contributed by atoms with E-state index < -0.39 is 88.7 Å². The van der Waals surface area contributed by atoms with Gasteiger partial charge >= 0.3 is 0 Å². The number of unbranched alkanes of at least 4 members (excludes halogenated alkanes) is 6. The van der Waals surface area contributed by atoms with Crippen molar-refractivity contribution < 1.29 is 44.7 Å². The lowest BCUT2D eigenvalue weighted by atomic mass is 9.54. The molecule has 0 aliphatic heterocycles. The maximum absolute atomic E-state index is 14.3. The first-order chi connectivity index (χ1) is 30.2. The number of nitrogens with one attached hydrogen (secondary N) is 1. The van der Waals surface area contributed by atoms with Crippen molar-refractivity contribution in [2.45, 2.75) is 82.0 Å². The first-order valence-corrected chi connectivity index (χ1v) is 23.7. The van der Waals surface area contributed by atoms with Crippen LogP contribution in [0.15, 0.2) is 120 Å². The number of nitrogens with zero attached hydrogens (tertiary/aromatic N) is 1. The van der Waals surface area contributed by atoms with Crippen LogP contribution in [0.4, 0.5) is 5.69 Å². The number of aromatic hydroxyl groups is 1. The average molecular weight is 875 g/mol. The Hall–Kier alpha value is -5.65. The predicted molar refractivity (Wildman–Crippen MR) is 246 cm³/mol. The number of likely N-dealkylation sites (N-methyl/N-ethyl adjacent to an activating group) is 1. The minimum Gasteiger partial charge on any atom is -0.508 e. The molecule has 7 rings (SSSR count). The molecule has 0 unspecified atom stereocenters. The molecule has 13 heteroatoms. The lowest BCUT2D eigenvalue weighted by Gasteiger charge is -2.53. The number of benzene rings is 4. The monoisotopic (exact) mass is 874 g/mol. The number of aliphatic hydroxyl groups is 4. The zero-order chi connectivity index (χ0) is 45.2. The standard InChI is InChI=1S/C50H56N3O9P/c1-30-34-27-28-35(43(55)38(34)44(56)39-37(30)45(57)41-42(53(2)3)46(58)40(49(51)61)48(60)50(41,62)47(39)59)52-36(54)26-18-7-5-4-6-8-19-29-63(31-20-12-9-13-21-31,32-22-14-10-15-23-32)33-24-16-11-17-25-33/h9-17,20-25,27-28,30,37,41-42,45,57,62H,4-8,18-19,26,29H2,1-3H3,(H5-,51,52,54,55,56,58,59,60,61)/p+1/t30-,37+,41+,42-,45-,50-/m0/s1. The number of nitrogens with two attached hydrogens (primary N) is 1. The number of anilines is 1. The third-order valence-corrected chi connectivity index (χ3v) is 17.9. The van der Waals surface area contributed by atoms with Crippen LogP contribution in [-0.4, -0.2) is 91.8 Å². The van der Waals surface area contributed by atoms with Crippen molar-refractivity contribution in [1.29, 1.82) is 0 Å². The molecule has 4 aromatic rings. The summed E-state index contributed by atoms with van der Waals surface area (Å²) in [6.45, 7) is 1.66. The highest BCUT2D eigenvalue weighted by molar-refractivity contribution is 7.95. The van der Waals surface area contributed by atoms with E-state index in [1.54, 1.807) is 13.0 Å². The fourth-order valence-electron chi connectivity index (χ4n) is 10.3. The van der Waals surface area contributed by atoms with Gasteiger partial charge in [-0.3, -0.25) is 24.1 Å². The number of hydrogen-bond donors (Lipinski definition) is 7. The van der Waals surface area contributed by atoms with Gasteiger partial charge in [0.2, 0.25) is 11.7 Å². The third kappa shape index (κ3) is 7.99. The minimum absolute atomic E-state index is 0.00735. The Balaban J connectivity index is 0.972. The van der Waals surface area contributed by atoms with E-state index in [4.69, 9.17) is 5.73 Å². The lowest BCUT2D eigenvalue weighted by molar-refractivity contribution is -0.169. The summed E-state index contributed by atoms with van der Waals surface area (Å²) < 4.78 is 0. The second kappa shape index (κ2) is 18.6. The largest absolute Gasteiger partial charge is 0.508 e. The summed E-state index contributed by atoms with van der Waals surface area (Å²) in [5.41, 5.74) is 1.09. The summed E-state index contributed by atoms with van der Waals surface area (Å²) in [5, 5.41) is 64.9. The van der Waals surface area contributed by atoms with Crippen LogP contribution < -0.4 is 27.0 Å². The number of carbonyl (C=O) groups excluding carboxylic acids is 4. The highest BCUT2D eigenvalue weighted by Gasteiger charge is 2.68. The molecule has 0 aromatic heterocycles. The van der Waals surface area contributed by atoms with Gasteiger partial charge in [0.1, 0.15) is 46.0 Å². The molecule has 3 aliphatic rings. The zero-order valence-electron chi connectivity index (χ0n) is 35.9. The molecule has 0 bridgehead atoms. The van der Waals surface area contributed by atoms with Gasteiger partial charge < -0.3 is 36.6 Å². The van der Waals surface area contributed by atoms with E-state index in [0.29, 0.717) is 12.0 Å². The first-order valence-electron chi connectivity index (χ1n) is 21.7. The topological polar surface area (TPSA) is 211 Å². The van der Waals surface area contributed by atoms with E-state index in [1.807, 2.05) is 0 Å². The number of phenolic OH excluding ortho intramolecular Hbond substituents is 1. The summed E-state index contributed by atoms with van der Waals surface area (Å²) >= 11 is 0. The quantitative estimate of drug-likeness (QED) is 0.0323. The molecular formula is C50H57N3O9P+. The molecule has 3 aliphatic carbocycles. The Morgan fingerprint density at radius 2 is 1.27 bits per heavy atom. The van der Waals surface area contributed by atoms with Gasteiger partial charge in [0.15, 0.2) is 11.4 Å². The van der Waals surface area contributed by atoms with Crippen LogP contribution in [0.1, 0.15) is 75.3 Å². The number of ketones is 2. The molecule has 2 amide bonds. The summed E-state index contributed by atoms with van der Waals surface area (Å²) in [6, 6.07) is 34.3. The summed E-state index contributed by atoms with van der Waals surface area (Å²) in [4.78, 5) is 54.5. The number of hydrogen-bond acceptors (Lipinski definition) is 10. The van der Waals surface area contributed by atoms with Crippen LogP contribution in [0, 0.1) is 11.8 Å². The molecule has 0 spiro atoms. The van der Waals surface area contributed by atoms with E-state index >= 15 is 0 Å². The molecule has 6 atom stereocenters. The zero-order valence-corrected chi connectivity index (χ0v) is 36.8. The minimum atomic E-state index is -3.01. The number of phenols is 1. The van der Waals surface area contributed by atoms with E-state index in [2.05, 4.69) is 96.3 Å². The number of aliphatic hydroxyl groups excluding tert-OH is 3. The van der Waals surface area contributed by atoms with Gasteiger partial charge in [-0.1, -0.05) is 93.3 Å². The maximum atomic E-state index is 14.3. The van der Waals surface area contributed by atoms with Crippen molar-refractivity contribution in [3.8, 4) is 5.75 Å². The normalized spacial score (nSPS) is 23.3. The van der Waals surface area contributed by atoms with Gasteiger partial charge in [0.25, 0.3) is 5.91 Å². The van der Waals surface area contributed by atoms with Gasteiger partial charge in [0, 0.05) is 17.9 Å². The van der Waals surface area contributed by atoms with Crippen LogP contribution in [0.2, 0.25) is 0 Å². The Morgan fingerprint density at radius 3 is 1.78 bits per heavy atom. The molecule has 330 valence electrons. The van der Waals surface area contributed by atoms with Crippen LogP contribution >= 0.6 is 7.26 Å². The fraction of sp³-hybridized carbons (Fsp3) is 0.360. The molecule has 12 nitrogen and oxygen atoms in total. The molecule has 1 fully saturated rings. The van der Waals surface area contributed by atoms with Crippen LogP contribution in [0.25, 0.3) is 5.76 Å². The van der Waals surface area contributed by atoms with Gasteiger partial charge in [0.05, 0.1) is 35.5 Å². The van der Waals surface area contributed by atoms with Crippen molar-refractivity contribution in [3.63, 3.8) is 0 Å². The molecule has 0 radical (unpaired) electrons. The number of fused-ring (bicyclic) bond motifs is 3. The summed E-state index contributed by atoms with van der Waals surface area (Å²) in [6.07, 6.45) is 6.34. The van der Waals surface area contributed by atoms with E-state index in [-0.39, 0.29) is 23.6 Å². The third-order valence-electron chi connectivity index (χ3n) is 13.4. The Kier molecular flexibility index (Phi) is 13.4. The Bertz CT molecular complexity index is 2340. The SMILES string of the molecule is C[C@H]1c2ccc(NC(=O)CCCCCCCCC[P+](c3ccccc3)(c3ccccc3)c3ccccc3)c(O)c2C(O)=C2C(=O)[C@]3(O)C(O)=C(C(N)=O)C(=O)[C@@H](N(C)C)[C@@H]3[C@@H](O)[C@@H]21. The molecule has 0 heterocycles. The molecule has 8 N–H and O–H groups in total. The highest BCUT2D eigenvalue weighted by Crippen LogP contribution is 2.58. The van der Waals surface area contributed by atoms with Crippen molar-refractivity contribution in [3.05, 3.63) is 131 Å². The van der Waals surface area contributed by atoms with Gasteiger partial charge in [-0.2, -0.15) is 0 Å². The van der Waals surface area contributed by atoms with Gasteiger partial charge in [-0.15, -0.1) is 0 Å².